The van der Waals surface area contributed by atoms with E-state index >= 15 is 0 Å². The van der Waals surface area contributed by atoms with Crippen molar-refractivity contribution < 1.29 is 15.0 Å². The van der Waals surface area contributed by atoms with Crippen LogP contribution in [-0.2, 0) is 11.3 Å². The third kappa shape index (κ3) is 1.61. The number of aliphatic carboxylic acids is 1. The van der Waals surface area contributed by atoms with Gasteiger partial charge < -0.3 is 10.2 Å². The van der Waals surface area contributed by atoms with Gasteiger partial charge in [-0.1, -0.05) is 17.7 Å². The zero-order chi connectivity index (χ0) is 11.0. The van der Waals surface area contributed by atoms with E-state index in [9.17, 15) is 9.90 Å². The fourth-order valence-electron chi connectivity index (χ4n) is 1.36. The topological polar surface area (TPSA) is 75.3 Å². The maximum absolute atomic E-state index is 10.5. The van der Waals surface area contributed by atoms with Crippen molar-refractivity contribution in [3.63, 3.8) is 0 Å². The summed E-state index contributed by atoms with van der Waals surface area (Å²) in [4.78, 5) is 10.5. The minimum absolute atomic E-state index is 0.00543. The largest absolute Gasteiger partial charge is 0.507 e. The number of phenols is 1. The highest BCUT2D eigenvalue weighted by atomic mass is 35.5. The number of carboxylic acid groups (broad SMARTS) is 1. The number of hydrogen-bond donors (Lipinski definition) is 2. The summed E-state index contributed by atoms with van der Waals surface area (Å²) in [7, 11) is 0. The first-order valence-electron chi connectivity index (χ1n) is 4.15. The summed E-state index contributed by atoms with van der Waals surface area (Å²) in [6.07, 6.45) is 0. The predicted molar refractivity (Wildman–Crippen MR) is 54.0 cm³/mol. The molecule has 0 amide bonds. The second kappa shape index (κ2) is 3.43. The summed E-state index contributed by atoms with van der Waals surface area (Å²) >= 11 is 5.88. The lowest BCUT2D eigenvalue weighted by Crippen LogP contribution is -2.09. The van der Waals surface area contributed by atoms with Gasteiger partial charge in [0.15, 0.2) is 0 Å². The smallest absolute Gasteiger partial charge is 0.325 e. The molecule has 1 aromatic carbocycles. The fourth-order valence-corrected chi connectivity index (χ4v) is 1.65. The van der Waals surface area contributed by atoms with Crippen LogP contribution in [0.15, 0.2) is 18.2 Å². The zero-order valence-corrected chi connectivity index (χ0v) is 8.27. The number of aromatic hydroxyl groups is 1. The average Bonchev–Trinajstić information content (AvgIpc) is 2.44. The van der Waals surface area contributed by atoms with Gasteiger partial charge in [-0.3, -0.25) is 4.79 Å². The Balaban J connectivity index is 2.64. The highest BCUT2D eigenvalue weighted by Crippen LogP contribution is 2.30. The van der Waals surface area contributed by atoms with Gasteiger partial charge in [-0.15, -0.1) is 0 Å². The lowest BCUT2D eigenvalue weighted by molar-refractivity contribution is -0.137. The van der Waals surface area contributed by atoms with Crippen molar-refractivity contribution in [2.45, 2.75) is 6.54 Å². The number of carbonyl (C=O) groups is 1. The summed E-state index contributed by atoms with van der Waals surface area (Å²) in [6.45, 7) is -0.326. The molecule has 78 valence electrons. The fraction of sp³-hybridized carbons (Fsp3) is 0.111. The van der Waals surface area contributed by atoms with Crippen LogP contribution in [0.2, 0.25) is 5.15 Å². The molecule has 6 heteroatoms. The molecule has 0 bridgehead atoms. The van der Waals surface area contributed by atoms with Crippen molar-refractivity contribution >= 4 is 28.5 Å². The third-order valence-electron chi connectivity index (χ3n) is 1.97. The number of aromatic nitrogens is 2. The summed E-state index contributed by atoms with van der Waals surface area (Å²) in [5.41, 5.74) is 0.473. The van der Waals surface area contributed by atoms with Crippen LogP contribution in [0, 0.1) is 0 Å². The van der Waals surface area contributed by atoms with Gasteiger partial charge in [0.25, 0.3) is 0 Å². The number of rotatable bonds is 2. The normalized spacial score (nSPS) is 10.7. The number of hydrogen-bond acceptors (Lipinski definition) is 3. The van der Waals surface area contributed by atoms with Crippen molar-refractivity contribution in [2.75, 3.05) is 0 Å². The first-order chi connectivity index (χ1) is 7.09. The van der Waals surface area contributed by atoms with E-state index in [1.54, 1.807) is 12.1 Å². The van der Waals surface area contributed by atoms with E-state index < -0.39 is 5.97 Å². The molecule has 0 fully saturated rings. The Labute approximate surface area is 89.5 Å². The number of fused-ring (bicyclic) bond motifs is 1. The molecule has 1 heterocycles. The standard InChI is InChI=1S/C9H7ClN2O3/c10-9-8-5(2-1-3-6(8)13)11-12(9)4-7(14)15/h1-3,13H,4H2,(H,14,15). The molecular weight excluding hydrogens is 220 g/mol. The summed E-state index contributed by atoms with van der Waals surface area (Å²) in [5, 5.41) is 22.6. The Hall–Kier alpha value is -1.75. The van der Waals surface area contributed by atoms with Crippen LogP contribution in [-0.4, -0.2) is 26.0 Å². The number of carboxylic acids is 1. The monoisotopic (exact) mass is 226 g/mol. The molecule has 15 heavy (non-hydrogen) atoms. The minimum atomic E-state index is -1.04. The maximum atomic E-state index is 10.5. The molecule has 0 spiro atoms. The highest BCUT2D eigenvalue weighted by molar-refractivity contribution is 6.35. The Morgan fingerprint density at radius 2 is 2.27 bits per heavy atom. The number of benzene rings is 1. The molecular formula is C9H7ClN2O3. The van der Waals surface area contributed by atoms with E-state index in [2.05, 4.69) is 5.10 Å². The summed E-state index contributed by atoms with van der Waals surface area (Å²) in [5.74, 6) is -1.04. The Bertz CT molecular complexity index is 535. The number of nitrogens with zero attached hydrogens (tertiary/aromatic N) is 2. The quantitative estimate of drug-likeness (QED) is 0.813. The molecule has 0 aliphatic rings. The Morgan fingerprint density at radius 3 is 2.87 bits per heavy atom. The molecule has 0 saturated heterocycles. The first kappa shape index (κ1) is 9.79. The number of halogens is 1. The van der Waals surface area contributed by atoms with Crippen LogP contribution in [0.5, 0.6) is 5.75 Å². The predicted octanol–water partition coefficient (Wildman–Crippen LogP) is 1.48. The molecule has 2 rings (SSSR count). The molecule has 2 N–H and O–H groups in total. The van der Waals surface area contributed by atoms with Gasteiger partial charge in [-0.25, -0.2) is 4.68 Å². The molecule has 0 unspecified atom stereocenters. The second-order valence-corrected chi connectivity index (χ2v) is 3.37. The third-order valence-corrected chi connectivity index (χ3v) is 2.35. The van der Waals surface area contributed by atoms with Crippen molar-refractivity contribution in [1.82, 2.24) is 9.78 Å². The number of phenolic OH excluding ortho intramolecular Hbond substituents is 1. The van der Waals surface area contributed by atoms with Gasteiger partial charge in [-0.2, -0.15) is 5.10 Å². The van der Waals surface area contributed by atoms with Crippen LogP contribution in [0.4, 0.5) is 0 Å². The average molecular weight is 227 g/mol. The Morgan fingerprint density at radius 1 is 1.53 bits per heavy atom. The van der Waals surface area contributed by atoms with E-state index in [0.717, 1.165) is 4.68 Å². The van der Waals surface area contributed by atoms with E-state index in [1.807, 2.05) is 0 Å². The first-order valence-corrected chi connectivity index (χ1v) is 4.53. The summed E-state index contributed by atoms with van der Waals surface area (Å²) < 4.78 is 1.13. The van der Waals surface area contributed by atoms with Gasteiger partial charge in [0.2, 0.25) is 0 Å². The molecule has 0 aliphatic carbocycles. The SMILES string of the molecule is O=C(O)Cn1nc2cccc(O)c2c1Cl. The molecule has 0 aliphatic heterocycles. The van der Waals surface area contributed by atoms with Crippen molar-refractivity contribution in [1.29, 1.82) is 0 Å². The minimum Gasteiger partial charge on any atom is -0.507 e. The summed E-state index contributed by atoms with van der Waals surface area (Å²) in [6, 6.07) is 4.74. The maximum Gasteiger partial charge on any atom is 0.325 e. The second-order valence-electron chi connectivity index (χ2n) is 3.01. The molecule has 2 aromatic rings. The molecule has 1 aromatic heterocycles. The van der Waals surface area contributed by atoms with Crippen molar-refractivity contribution in [3.8, 4) is 5.75 Å². The molecule has 0 saturated carbocycles. The van der Waals surface area contributed by atoms with Crippen LogP contribution >= 0.6 is 11.6 Å². The van der Waals surface area contributed by atoms with E-state index in [-0.39, 0.29) is 17.4 Å². The van der Waals surface area contributed by atoms with E-state index in [0.29, 0.717) is 10.9 Å². The van der Waals surface area contributed by atoms with Gasteiger partial charge >= 0.3 is 5.97 Å². The zero-order valence-electron chi connectivity index (χ0n) is 7.51. The van der Waals surface area contributed by atoms with Gasteiger partial charge in [0.05, 0.1) is 10.9 Å². The van der Waals surface area contributed by atoms with Crippen molar-refractivity contribution in [3.05, 3.63) is 23.4 Å². The molecule has 5 nitrogen and oxygen atoms in total. The highest BCUT2D eigenvalue weighted by Gasteiger charge is 2.13. The lowest BCUT2D eigenvalue weighted by Gasteiger charge is -1.97. The van der Waals surface area contributed by atoms with Gasteiger partial charge in [0.1, 0.15) is 17.4 Å². The molecule has 0 atom stereocenters. The van der Waals surface area contributed by atoms with Gasteiger partial charge in [-0.05, 0) is 12.1 Å². The van der Waals surface area contributed by atoms with Crippen LogP contribution in [0.25, 0.3) is 10.9 Å². The Kier molecular flexibility index (Phi) is 2.24. The lowest BCUT2D eigenvalue weighted by atomic mass is 10.2. The van der Waals surface area contributed by atoms with Crippen LogP contribution < -0.4 is 0 Å². The van der Waals surface area contributed by atoms with E-state index in [1.165, 1.54) is 6.07 Å². The van der Waals surface area contributed by atoms with E-state index in [4.69, 9.17) is 16.7 Å². The van der Waals surface area contributed by atoms with Crippen LogP contribution in [0.1, 0.15) is 0 Å². The molecule has 0 radical (unpaired) electrons. The van der Waals surface area contributed by atoms with Crippen molar-refractivity contribution in [2.24, 2.45) is 0 Å². The van der Waals surface area contributed by atoms with Gasteiger partial charge in [0, 0.05) is 0 Å². The van der Waals surface area contributed by atoms with Crippen LogP contribution in [0.3, 0.4) is 0 Å².